The molecule has 5 rings (SSSR count). The van der Waals surface area contributed by atoms with Gasteiger partial charge in [-0.2, -0.15) is 0 Å². The average Bonchev–Trinajstić information content (AvgIpc) is 3.66. The summed E-state index contributed by atoms with van der Waals surface area (Å²) in [5.74, 6) is 1.06. The van der Waals surface area contributed by atoms with Gasteiger partial charge in [0.2, 0.25) is 0 Å². The van der Waals surface area contributed by atoms with Crippen molar-refractivity contribution < 1.29 is 9.84 Å². The van der Waals surface area contributed by atoms with Gasteiger partial charge in [0.05, 0.1) is 12.2 Å². The number of benzene rings is 3. The fraction of sp³-hybridized carbons (Fsp3) is 0.357. The molecule has 2 saturated carbocycles. The second-order valence-electron chi connectivity index (χ2n) is 8.86. The zero-order valence-corrected chi connectivity index (χ0v) is 17.4. The number of aliphatic hydroxyl groups excluding tert-OH is 1. The van der Waals surface area contributed by atoms with Crippen molar-refractivity contribution in [1.29, 1.82) is 0 Å². The molecule has 0 saturated heterocycles. The summed E-state index contributed by atoms with van der Waals surface area (Å²) in [7, 11) is 0. The Balaban J connectivity index is 1.64. The van der Waals surface area contributed by atoms with Crippen LogP contribution in [0, 0.1) is 11.8 Å². The van der Waals surface area contributed by atoms with Gasteiger partial charge in [-0.3, -0.25) is 0 Å². The van der Waals surface area contributed by atoms with Crippen molar-refractivity contribution in [2.75, 3.05) is 0 Å². The molecule has 0 amide bonds. The van der Waals surface area contributed by atoms with Crippen molar-refractivity contribution in [2.45, 2.75) is 49.9 Å². The molecule has 0 bridgehead atoms. The van der Waals surface area contributed by atoms with Gasteiger partial charge in [-0.15, -0.1) is 0 Å². The highest BCUT2D eigenvalue weighted by Gasteiger charge is 2.46. The largest absolute Gasteiger partial charge is 0.390 e. The van der Waals surface area contributed by atoms with Crippen molar-refractivity contribution in [1.82, 2.24) is 0 Å². The molecule has 30 heavy (non-hydrogen) atoms. The highest BCUT2D eigenvalue weighted by atomic mass is 16.5. The van der Waals surface area contributed by atoms with Crippen LogP contribution in [0.2, 0.25) is 0 Å². The van der Waals surface area contributed by atoms with Crippen LogP contribution < -0.4 is 0 Å². The lowest BCUT2D eigenvalue weighted by molar-refractivity contribution is -0.137. The van der Waals surface area contributed by atoms with Crippen LogP contribution in [0.3, 0.4) is 0 Å². The van der Waals surface area contributed by atoms with Crippen LogP contribution in [0.4, 0.5) is 0 Å². The first kappa shape index (κ1) is 19.5. The van der Waals surface area contributed by atoms with Crippen LogP contribution in [0.15, 0.2) is 91.0 Å². The van der Waals surface area contributed by atoms with Gasteiger partial charge in [0.1, 0.15) is 5.60 Å². The number of hydrogen-bond acceptors (Lipinski definition) is 2. The lowest BCUT2D eigenvalue weighted by atomic mass is 9.77. The first-order chi connectivity index (χ1) is 14.8. The summed E-state index contributed by atoms with van der Waals surface area (Å²) in [6.07, 6.45) is 5.09. The number of rotatable bonds is 6. The SMILES string of the molecule is O[C@@H]1[C@@H](C2CC2)CCC[C@H]1OC(c1ccccc1)(c1ccccc1)c1ccccc1. The average molecular weight is 399 g/mol. The highest BCUT2D eigenvalue weighted by Crippen LogP contribution is 2.48. The molecule has 2 heteroatoms. The molecule has 3 atom stereocenters. The minimum absolute atomic E-state index is 0.176. The van der Waals surface area contributed by atoms with E-state index in [0.29, 0.717) is 11.8 Å². The van der Waals surface area contributed by atoms with Gasteiger partial charge in [-0.05, 0) is 54.2 Å². The Kier molecular flexibility index (Phi) is 5.45. The molecule has 0 heterocycles. The number of aliphatic hydroxyl groups is 1. The Bertz CT molecular complexity index is 837. The lowest BCUT2D eigenvalue weighted by Crippen LogP contribution is -2.46. The molecule has 3 aromatic carbocycles. The van der Waals surface area contributed by atoms with Gasteiger partial charge in [0, 0.05) is 0 Å². The maximum Gasteiger partial charge on any atom is 0.144 e. The first-order valence-corrected chi connectivity index (χ1v) is 11.3. The van der Waals surface area contributed by atoms with Gasteiger partial charge >= 0.3 is 0 Å². The van der Waals surface area contributed by atoms with Gasteiger partial charge in [-0.25, -0.2) is 0 Å². The molecule has 2 aliphatic rings. The van der Waals surface area contributed by atoms with E-state index in [4.69, 9.17) is 4.74 Å². The molecular weight excluding hydrogens is 368 g/mol. The van der Waals surface area contributed by atoms with E-state index in [1.807, 2.05) is 18.2 Å². The van der Waals surface area contributed by atoms with E-state index in [-0.39, 0.29) is 6.10 Å². The third-order valence-electron chi connectivity index (χ3n) is 6.94. The molecule has 0 aromatic heterocycles. The fourth-order valence-electron chi connectivity index (χ4n) is 5.29. The van der Waals surface area contributed by atoms with Crippen LogP contribution in [0.1, 0.15) is 48.8 Å². The molecule has 0 unspecified atom stereocenters. The van der Waals surface area contributed by atoms with E-state index in [0.717, 1.165) is 36.0 Å². The third-order valence-corrected chi connectivity index (χ3v) is 6.94. The van der Waals surface area contributed by atoms with Gasteiger partial charge < -0.3 is 9.84 Å². The summed E-state index contributed by atoms with van der Waals surface area (Å²) in [4.78, 5) is 0. The quantitative estimate of drug-likeness (QED) is 0.521. The second kappa shape index (κ2) is 8.37. The standard InChI is InChI=1S/C28H30O2/c29-27-25(21-19-20-21)17-10-18-26(27)30-28(22-11-4-1-5-12-22,23-13-6-2-7-14-23)24-15-8-3-9-16-24/h1-9,11-16,21,25-27,29H,10,17-20H2/t25-,26-,27-/m1/s1. The summed E-state index contributed by atoms with van der Waals surface area (Å²) < 4.78 is 7.11. The Morgan fingerprint density at radius 3 is 1.53 bits per heavy atom. The molecule has 2 aliphatic carbocycles. The van der Waals surface area contributed by atoms with Crippen LogP contribution in [0.5, 0.6) is 0 Å². The van der Waals surface area contributed by atoms with Crippen LogP contribution in [-0.4, -0.2) is 17.3 Å². The second-order valence-corrected chi connectivity index (χ2v) is 8.86. The lowest BCUT2D eigenvalue weighted by Gasteiger charge is -2.43. The molecule has 2 fully saturated rings. The summed E-state index contributed by atoms with van der Waals surface area (Å²) in [6.45, 7) is 0. The Labute approximate surface area is 179 Å². The number of ether oxygens (including phenoxy) is 1. The van der Waals surface area contributed by atoms with Gasteiger partial charge in [-0.1, -0.05) is 97.4 Å². The third kappa shape index (κ3) is 3.59. The van der Waals surface area contributed by atoms with E-state index >= 15 is 0 Å². The van der Waals surface area contributed by atoms with Crippen molar-refractivity contribution in [3.8, 4) is 0 Å². The van der Waals surface area contributed by atoms with E-state index < -0.39 is 11.7 Å². The van der Waals surface area contributed by atoms with Crippen molar-refractivity contribution in [3.05, 3.63) is 108 Å². The summed E-state index contributed by atoms with van der Waals surface area (Å²) >= 11 is 0. The molecule has 0 radical (unpaired) electrons. The van der Waals surface area contributed by atoms with Crippen LogP contribution >= 0.6 is 0 Å². The van der Waals surface area contributed by atoms with E-state index in [1.54, 1.807) is 0 Å². The first-order valence-electron chi connectivity index (χ1n) is 11.3. The van der Waals surface area contributed by atoms with Crippen molar-refractivity contribution in [2.24, 2.45) is 11.8 Å². The van der Waals surface area contributed by atoms with Gasteiger partial charge in [0.25, 0.3) is 0 Å². The zero-order valence-electron chi connectivity index (χ0n) is 17.4. The Hall–Kier alpha value is -2.42. The topological polar surface area (TPSA) is 29.5 Å². The summed E-state index contributed by atoms with van der Waals surface area (Å²) in [5, 5.41) is 11.3. The normalized spacial score (nSPS) is 24.5. The predicted octanol–water partition coefficient (Wildman–Crippen LogP) is 5.93. The Morgan fingerprint density at radius 2 is 1.10 bits per heavy atom. The van der Waals surface area contributed by atoms with Gasteiger partial charge in [0.15, 0.2) is 0 Å². The predicted molar refractivity (Wildman–Crippen MR) is 120 cm³/mol. The highest BCUT2D eigenvalue weighted by molar-refractivity contribution is 5.47. The van der Waals surface area contributed by atoms with Crippen molar-refractivity contribution in [3.63, 3.8) is 0 Å². The number of hydrogen-bond donors (Lipinski definition) is 1. The van der Waals surface area contributed by atoms with Crippen molar-refractivity contribution >= 4 is 0 Å². The molecule has 2 nitrogen and oxygen atoms in total. The Morgan fingerprint density at radius 1 is 0.633 bits per heavy atom. The van der Waals surface area contributed by atoms with E-state index in [2.05, 4.69) is 72.8 Å². The molecule has 154 valence electrons. The maximum absolute atomic E-state index is 11.3. The monoisotopic (exact) mass is 398 g/mol. The molecule has 1 N–H and O–H groups in total. The fourth-order valence-corrected chi connectivity index (χ4v) is 5.29. The minimum Gasteiger partial charge on any atom is -0.390 e. The summed E-state index contributed by atoms with van der Waals surface area (Å²) in [5.41, 5.74) is 2.55. The van der Waals surface area contributed by atoms with E-state index in [1.165, 1.54) is 12.8 Å². The molecule has 0 aliphatic heterocycles. The molecule has 0 spiro atoms. The summed E-state index contributed by atoms with van der Waals surface area (Å²) in [6, 6.07) is 31.5. The molecular formula is C28H30O2. The zero-order chi connectivity index (χ0) is 20.4. The van der Waals surface area contributed by atoms with Crippen LogP contribution in [0.25, 0.3) is 0 Å². The van der Waals surface area contributed by atoms with E-state index in [9.17, 15) is 5.11 Å². The minimum atomic E-state index is -0.749. The molecule has 3 aromatic rings. The smallest absolute Gasteiger partial charge is 0.144 e. The van der Waals surface area contributed by atoms with Crippen LogP contribution in [-0.2, 0) is 10.3 Å². The maximum atomic E-state index is 11.3.